The third kappa shape index (κ3) is 2.18. The van der Waals surface area contributed by atoms with Crippen molar-refractivity contribution in [2.45, 2.75) is 32.9 Å². The van der Waals surface area contributed by atoms with Gasteiger partial charge in [-0.05, 0) is 12.3 Å². The molecule has 0 radical (unpaired) electrons. The maximum atomic E-state index is 12.8. The van der Waals surface area contributed by atoms with Gasteiger partial charge in [-0.2, -0.15) is 0 Å². The van der Waals surface area contributed by atoms with Gasteiger partial charge < -0.3 is 0 Å². The van der Waals surface area contributed by atoms with Crippen LogP contribution in [-0.4, -0.2) is 6.17 Å². The highest BCUT2D eigenvalue weighted by molar-refractivity contribution is 5.22. The molecule has 0 N–H and O–H groups in total. The summed E-state index contributed by atoms with van der Waals surface area (Å²) in [5.74, 6) is 0.540. The van der Waals surface area contributed by atoms with Gasteiger partial charge in [-0.3, -0.25) is 0 Å². The maximum Gasteiger partial charge on any atom is 0.122 e. The Bertz CT molecular complexity index is 179. The normalized spacial score (nSPS) is 26.5. The number of halogens is 1. The van der Waals surface area contributed by atoms with Crippen LogP contribution in [0.25, 0.3) is 0 Å². The van der Waals surface area contributed by atoms with Crippen molar-refractivity contribution in [2.75, 3.05) is 0 Å². The molecule has 1 heteroatoms. The summed E-state index contributed by atoms with van der Waals surface area (Å²) >= 11 is 0. The molecule has 0 spiro atoms. The Morgan fingerprint density at radius 3 is 3.00 bits per heavy atom. The SMILES string of the molecule is CCC(C)C1=CC=CC(F)C1. The first-order valence-electron chi connectivity index (χ1n) is 4.25. The van der Waals surface area contributed by atoms with Gasteiger partial charge in [0.1, 0.15) is 6.17 Å². The van der Waals surface area contributed by atoms with Gasteiger partial charge in [-0.25, -0.2) is 4.39 Å². The fourth-order valence-corrected chi connectivity index (χ4v) is 1.29. The average molecular weight is 154 g/mol. The summed E-state index contributed by atoms with van der Waals surface area (Å²) in [6, 6.07) is 0. The molecular formula is C10H15F. The largest absolute Gasteiger partial charge is 0.243 e. The van der Waals surface area contributed by atoms with Crippen LogP contribution in [-0.2, 0) is 0 Å². The first kappa shape index (κ1) is 8.51. The van der Waals surface area contributed by atoms with Crippen molar-refractivity contribution in [1.82, 2.24) is 0 Å². The van der Waals surface area contributed by atoms with Gasteiger partial charge >= 0.3 is 0 Å². The van der Waals surface area contributed by atoms with Crippen molar-refractivity contribution >= 4 is 0 Å². The molecule has 0 fully saturated rings. The van der Waals surface area contributed by atoms with Crippen LogP contribution in [0.3, 0.4) is 0 Å². The van der Waals surface area contributed by atoms with Crippen LogP contribution in [0.5, 0.6) is 0 Å². The van der Waals surface area contributed by atoms with E-state index in [9.17, 15) is 4.39 Å². The Balaban J connectivity index is 2.58. The molecule has 2 atom stereocenters. The molecule has 0 amide bonds. The van der Waals surface area contributed by atoms with Gasteiger partial charge in [-0.1, -0.05) is 37.6 Å². The molecule has 0 aromatic carbocycles. The Morgan fingerprint density at radius 2 is 2.45 bits per heavy atom. The molecule has 0 saturated heterocycles. The third-order valence-electron chi connectivity index (χ3n) is 2.31. The lowest BCUT2D eigenvalue weighted by atomic mass is 9.91. The molecule has 0 aliphatic heterocycles. The maximum absolute atomic E-state index is 12.8. The molecule has 2 unspecified atom stereocenters. The Morgan fingerprint density at radius 1 is 1.73 bits per heavy atom. The average Bonchev–Trinajstić information content (AvgIpc) is 2.03. The van der Waals surface area contributed by atoms with Crippen molar-refractivity contribution in [2.24, 2.45) is 5.92 Å². The highest BCUT2D eigenvalue weighted by atomic mass is 19.1. The van der Waals surface area contributed by atoms with Gasteiger partial charge in [-0.15, -0.1) is 0 Å². The van der Waals surface area contributed by atoms with Gasteiger partial charge in [0.15, 0.2) is 0 Å². The van der Waals surface area contributed by atoms with Gasteiger partial charge in [0, 0.05) is 6.42 Å². The molecule has 0 heterocycles. The van der Waals surface area contributed by atoms with Crippen molar-refractivity contribution in [3.63, 3.8) is 0 Å². The third-order valence-corrected chi connectivity index (χ3v) is 2.31. The van der Waals surface area contributed by atoms with E-state index in [1.54, 1.807) is 6.08 Å². The van der Waals surface area contributed by atoms with Crippen LogP contribution in [0.2, 0.25) is 0 Å². The minimum atomic E-state index is -0.746. The summed E-state index contributed by atoms with van der Waals surface area (Å²) < 4.78 is 12.8. The predicted molar refractivity (Wildman–Crippen MR) is 46.2 cm³/mol. The second-order valence-corrected chi connectivity index (χ2v) is 3.16. The molecule has 0 aromatic rings. The monoisotopic (exact) mass is 154 g/mol. The molecule has 0 bridgehead atoms. The number of hydrogen-bond donors (Lipinski definition) is 0. The van der Waals surface area contributed by atoms with E-state index >= 15 is 0 Å². The number of rotatable bonds is 2. The first-order chi connectivity index (χ1) is 5.24. The second kappa shape index (κ2) is 3.70. The van der Waals surface area contributed by atoms with E-state index < -0.39 is 6.17 Å². The highest BCUT2D eigenvalue weighted by Crippen LogP contribution is 2.24. The minimum absolute atomic E-state index is 0.540. The summed E-state index contributed by atoms with van der Waals surface area (Å²) in [6.45, 7) is 4.29. The lowest BCUT2D eigenvalue weighted by molar-refractivity contribution is 0.382. The zero-order valence-electron chi connectivity index (χ0n) is 7.18. The lowest BCUT2D eigenvalue weighted by Crippen LogP contribution is -2.07. The first-order valence-corrected chi connectivity index (χ1v) is 4.25. The fourth-order valence-electron chi connectivity index (χ4n) is 1.29. The van der Waals surface area contributed by atoms with Crippen molar-refractivity contribution < 1.29 is 4.39 Å². The summed E-state index contributed by atoms with van der Waals surface area (Å²) in [4.78, 5) is 0. The molecule has 1 aliphatic rings. The van der Waals surface area contributed by atoms with Crippen LogP contribution < -0.4 is 0 Å². The van der Waals surface area contributed by atoms with Gasteiger partial charge in [0.25, 0.3) is 0 Å². The van der Waals surface area contributed by atoms with Crippen molar-refractivity contribution in [1.29, 1.82) is 0 Å². The van der Waals surface area contributed by atoms with E-state index in [1.165, 1.54) is 5.57 Å². The van der Waals surface area contributed by atoms with E-state index in [1.807, 2.05) is 12.2 Å². The Labute approximate surface area is 67.8 Å². The number of allylic oxidation sites excluding steroid dienone is 4. The highest BCUT2D eigenvalue weighted by Gasteiger charge is 2.13. The van der Waals surface area contributed by atoms with Gasteiger partial charge in [0.2, 0.25) is 0 Å². The van der Waals surface area contributed by atoms with Crippen LogP contribution in [0, 0.1) is 5.92 Å². The predicted octanol–water partition coefficient (Wildman–Crippen LogP) is 3.26. The van der Waals surface area contributed by atoms with Crippen LogP contribution in [0.1, 0.15) is 26.7 Å². The van der Waals surface area contributed by atoms with E-state index in [4.69, 9.17) is 0 Å². The molecule has 11 heavy (non-hydrogen) atoms. The topological polar surface area (TPSA) is 0 Å². The van der Waals surface area contributed by atoms with E-state index in [0.717, 1.165) is 6.42 Å². The van der Waals surface area contributed by atoms with Crippen LogP contribution in [0.4, 0.5) is 4.39 Å². The standard InChI is InChI=1S/C10H15F/c1-3-8(2)9-5-4-6-10(11)7-9/h4-6,8,10H,3,7H2,1-2H3. The number of hydrogen-bond acceptors (Lipinski definition) is 0. The van der Waals surface area contributed by atoms with E-state index in [0.29, 0.717) is 12.3 Å². The molecule has 0 aromatic heterocycles. The second-order valence-electron chi connectivity index (χ2n) is 3.16. The molecule has 0 nitrogen and oxygen atoms in total. The van der Waals surface area contributed by atoms with E-state index in [2.05, 4.69) is 13.8 Å². The zero-order chi connectivity index (χ0) is 8.27. The van der Waals surface area contributed by atoms with Crippen LogP contribution >= 0.6 is 0 Å². The van der Waals surface area contributed by atoms with Gasteiger partial charge in [0.05, 0.1) is 0 Å². The Kier molecular flexibility index (Phi) is 2.86. The smallest absolute Gasteiger partial charge is 0.122 e. The number of alkyl halides is 1. The molecule has 1 aliphatic carbocycles. The van der Waals surface area contributed by atoms with Crippen molar-refractivity contribution in [3.8, 4) is 0 Å². The molecule has 1 rings (SSSR count). The zero-order valence-corrected chi connectivity index (χ0v) is 7.18. The summed E-state index contributed by atoms with van der Waals surface area (Å²) in [6.07, 6.45) is 6.45. The Hall–Kier alpha value is -0.590. The quantitative estimate of drug-likeness (QED) is 0.572. The molecular weight excluding hydrogens is 139 g/mol. The summed E-state index contributed by atoms with van der Waals surface area (Å²) in [5, 5.41) is 0. The summed E-state index contributed by atoms with van der Waals surface area (Å²) in [5.41, 5.74) is 1.25. The van der Waals surface area contributed by atoms with Crippen LogP contribution in [0.15, 0.2) is 23.8 Å². The van der Waals surface area contributed by atoms with E-state index in [-0.39, 0.29) is 0 Å². The molecule has 62 valence electrons. The summed E-state index contributed by atoms with van der Waals surface area (Å²) in [7, 11) is 0. The minimum Gasteiger partial charge on any atom is -0.243 e. The van der Waals surface area contributed by atoms with Crippen molar-refractivity contribution in [3.05, 3.63) is 23.8 Å². The lowest BCUT2D eigenvalue weighted by Gasteiger charge is -2.17. The molecule has 0 saturated carbocycles. The fraction of sp³-hybridized carbons (Fsp3) is 0.600.